The summed E-state index contributed by atoms with van der Waals surface area (Å²) in [7, 11) is 0. The van der Waals surface area contributed by atoms with Crippen LogP contribution in [-0.2, 0) is 28.6 Å². The number of esters is 3. The summed E-state index contributed by atoms with van der Waals surface area (Å²) >= 11 is 0. The Balaban J connectivity index is 3.98. The third-order valence-corrected chi connectivity index (χ3v) is 17.0. The average Bonchev–Trinajstić information content (AvgIpc) is 3.46. The quantitative estimate of drug-likeness (QED) is 0.0261. The first-order chi connectivity index (χ1) is 40.0. The number of ether oxygens (including phenoxy) is 3. The lowest BCUT2D eigenvalue weighted by Gasteiger charge is -2.18. The van der Waals surface area contributed by atoms with Gasteiger partial charge in [-0.05, 0) is 51.4 Å². The maximum atomic E-state index is 12.9. The molecule has 0 N–H and O–H groups in total. The molecule has 0 aromatic heterocycles. The number of carbonyl (C=O) groups is 3. The van der Waals surface area contributed by atoms with Crippen molar-refractivity contribution in [3.8, 4) is 0 Å². The van der Waals surface area contributed by atoms with Crippen molar-refractivity contribution in [3.05, 3.63) is 24.3 Å². The molecule has 0 aromatic carbocycles. The predicted octanol–water partition coefficient (Wildman–Crippen LogP) is 25.3. The van der Waals surface area contributed by atoms with Gasteiger partial charge in [0, 0.05) is 19.3 Å². The Hall–Kier alpha value is -2.11. The van der Waals surface area contributed by atoms with E-state index in [1.54, 1.807) is 0 Å². The highest BCUT2D eigenvalue weighted by Gasteiger charge is 2.20. The number of hydrogen-bond acceptors (Lipinski definition) is 6. The van der Waals surface area contributed by atoms with E-state index in [1.165, 1.54) is 315 Å². The van der Waals surface area contributed by atoms with Gasteiger partial charge in [0.2, 0.25) is 0 Å². The van der Waals surface area contributed by atoms with Crippen LogP contribution in [0.4, 0.5) is 0 Å². The molecule has 0 aliphatic carbocycles. The van der Waals surface area contributed by atoms with Crippen LogP contribution in [0.5, 0.6) is 0 Å². The van der Waals surface area contributed by atoms with E-state index in [0.29, 0.717) is 19.3 Å². The zero-order valence-electron chi connectivity index (χ0n) is 55.1. The molecule has 0 rings (SSSR count). The van der Waals surface area contributed by atoms with Gasteiger partial charge in [0.05, 0.1) is 0 Å². The van der Waals surface area contributed by atoms with E-state index in [2.05, 4.69) is 45.1 Å². The van der Waals surface area contributed by atoms with Gasteiger partial charge in [-0.2, -0.15) is 0 Å². The van der Waals surface area contributed by atoms with E-state index < -0.39 is 6.10 Å². The smallest absolute Gasteiger partial charge is 0.306 e. The Morgan fingerprint density at radius 2 is 0.444 bits per heavy atom. The van der Waals surface area contributed by atoms with E-state index in [-0.39, 0.29) is 31.1 Å². The summed E-state index contributed by atoms with van der Waals surface area (Å²) in [5.74, 6) is -0.841. The van der Waals surface area contributed by atoms with Crippen LogP contribution < -0.4 is 0 Å². The highest BCUT2D eigenvalue weighted by Crippen LogP contribution is 2.19. The van der Waals surface area contributed by atoms with Crippen LogP contribution in [-0.4, -0.2) is 37.2 Å². The fourth-order valence-corrected chi connectivity index (χ4v) is 11.4. The van der Waals surface area contributed by atoms with Gasteiger partial charge in [0.1, 0.15) is 13.2 Å². The SMILES string of the molecule is CCCCCCC/C=C\C/C=C\CCCCCCCCCCCCCCCCCC(=O)OC(COC(=O)CCCCCCCCC)COC(=O)CCCCCCCCCCCCCCCCCCCCCCCCCCCCCCC. The van der Waals surface area contributed by atoms with Gasteiger partial charge in [-0.3, -0.25) is 14.4 Å². The minimum atomic E-state index is -0.766. The van der Waals surface area contributed by atoms with Gasteiger partial charge in [-0.15, -0.1) is 0 Å². The standard InChI is InChI=1S/C75H142O6/c1-4-7-10-13-16-18-20-22-24-26-28-30-32-34-36-37-39-40-42-44-46-48-50-52-54-56-59-62-65-68-74(77)80-71-72(70-79-73(76)67-64-61-58-15-12-9-6-3)81-75(78)69-66-63-60-57-55-53-51-49-47-45-43-41-38-35-33-31-29-27-25-23-21-19-17-14-11-8-5-2/h21,23,27,29,72H,4-20,22,24-26,28,30-71H2,1-3H3/b23-21-,29-27-. The molecule has 0 fully saturated rings. The second kappa shape index (κ2) is 70.4. The molecule has 0 saturated carbocycles. The molecule has 6 heteroatoms. The van der Waals surface area contributed by atoms with Crippen molar-refractivity contribution in [2.75, 3.05) is 13.2 Å². The molecule has 0 saturated heterocycles. The zero-order chi connectivity index (χ0) is 58.5. The van der Waals surface area contributed by atoms with Gasteiger partial charge in [0.25, 0.3) is 0 Å². The lowest BCUT2D eigenvalue weighted by Crippen LogP contribution is -2.30. The van der Waals surface area contributed by atoms with Crippen molar-refractivity contribution in [1.82, 2.24) is 0 Å². The molecular weight excluding hydrogens is 997 g/mol. The van der Waals surface area contributed by atoms with Crippen LogP contribution in [0, 0.1) is 0 Å². The normalized spacial score (nSPS) is 12.1. The predicted molar refractivity (Wildman–Crippen MR) is 353 cm³/mol. The molecular formula is C75H142O6. The minimum absolute atomic E-state index is 0.0646. The Kier molecular flexibility index (Phi) is 68.5. The van der Waals surface area contributed by atoms with Crippen LogP contribution in [0.15, 0.2) is 24.3 Å². The highest BCUT2D eigenvalue weighted by molar-refractivity contribution is 5.71. The first kappa shape index (κ1) is 78.9. The largest absolute Gasteiger partial charge is 0.462 e. The fourth-order valence-electron chi connectivity index (χ4n) is 11.4. The lowest BCUT2D eigenvalue weighted by molar-refractivity contribution is -0.167. The van der Waals surface area contributed by atoms with E-state index in [1.807, 2.05) is 0 Å². The number of allylic oxidation sites excluding steroid dienone is 4. The second-order valence-corrected chi connectivity index (χ2v) is 25.2. The Morgan fingerprint density at radius 1 is 0.247 bits per heavy atom. The summed E-state index contributed by atoms with van der Waals surface area (Å²) in [4.78, 5) is 38.2. The van der Waals surface area contributed by atoms with Crippen molar-refractivity contribution in [2.45, 2.75) is 425 Å². The van der Waals surface area contributed by atoms with Gasteiger partial charge in [0.15, 0.2) is 6.10 Å². The summed E-state index contributed by atoms with van der Waals surface area (Å²) in [6, 6.07) is 0. The topological polar surface area (TPSA) is 78.9 Å². The molecule has 0 heterocycles. The summed E-state index contributed by atoms with van der Waals surface area (Å²) in [5.41, 5.74) is 0. The van der Waals surface area contributed by atoms with Crippen molar-refractivity contribution in [1.29, 1.82) is 0 Å². The van der Waals surface area contributed by atoms with E-state index in [4.69, 9.17) is 14.2 Å². The van der Waals surface area contributed by atoms with E-state index in [0.717, 1.165) is 64.2 Å². The van der Waals surface area contributed by atoms with Crippen molar-refractivity contribution < 1.29 is 28.6 Å². The highest BCUT2D eigenvalue weighted by atomic mass is 16.6. The molecule has 0 radical (unpaired) electrons. The molecule has 478 valence electrons. The maximum Gasteiger partial charge on any atom is 0.306 e. The van der Waals surface area contributed by atoms with Crippen LogP contribution in [0.2, 0.25) is 0 Å². The van der Waals surface area contributed by atoms with Crippen LogP contribution >= 0.6 is 0 Å². The number of unbranched alkanes of at least 4 members (excludes halogenated alkanes) is 54. The first-order valence-corrected chi connectivity index (χ1v) is 36.8. The fraction of sp³-hybridized carbons (Fsp3) is 0.907. The van der Waals surface area contributed by atoms with Crippen LogP contribution in [0.1, 0.15) is 419 Å². The third kappa shape index (κ3) is 68.6. The molecule has 6 nitrogen and oxygen atoms in total. The molecule has 0 aromatic rings. The molecule has 1 atom stereocenters. The number of carbonyl (C=O) groups excluding carboxylic acids is 3. The maximum absolute atomic E-state index is 12.9. The Bertz CT molecular complexity index is 1310. The van der Waals surface area contributed by atoms with Crippen LogP contribution in [0.25, 0.3) is 0 Å². The molecule has 0 bridgehead atoms. The minimum Gasteiger partial charge on any atom is -0.462 e. The average molecular weight is 1140 g/mol. The van der Waals surface area contributed by atoms with Gasteiger partial charge in [-0.1, -0.05) is 373 Å². The van der Waals surface area contributed by atoms with Gasteiger partial charge in [-0.25, -0.2) is 0 Å². The molecule has 0 aliphatic rings. The molecule has 0 aliphatic heterocycles. The zero-order valence-corrected chi connectivity index (χ0v) is 55.1. The first-order valence-electron chi connectivity index (χ1n) is 36.8. The number of rotatable bonds is 69. The number of hydrogen-bond donors (Lipinski definition) is 0. The second-order valence-electron chi connectivity index (χ2n) is 25.2. The third-order valence-electron chi connectivity index (χ3n) is 17.0. The van der Waals surface area contributed by atoms with Gasteiger partial charge >= 0.3 is 17.9 Å². The molecule has 81 heavy (non-hydrogen) atoms. The Labute approximate surface area is 506 Å². The molecule has 1 unspecified atom stereocenters. The van der Waals surface area contributed by atoms with E-state index >= 15 is 0 Å². The summed E-state index contributed by atoms with van der Waals surface area (Å²) in [6.07, 6.45) is 86.9. The van der Waals surface area contributed by atoms with Crippen LogP contribution in [0.3, 0.4) is 0 Å². The summed E-state index contributed by atoms with van der Waals surface area (Å²) in [6.45, 7) is 6.67. The van der Waals surface area contributed by atoms with Crippen molar-refractivity contribution >= 4 is 17.9 Å². The molecule has 0 amide bonds. The van der Waals surface area contributed by atoms with Crippen molar-refractivity contribution in [2.24, 2.45) is 0 Å². The van der Waals surface area contributed by atoms with Crippen molar-refractivity contribution in [3.63, 3.8) is 0 Å². The van der Waals surface area contributed by atoms with Gasteiger partial charge < -0.3 is 14.2 Å². The van der Waals surface area contributed by atoms with E-state index in [9.17, 15) is 14.4 Å². The molecule has 0 spiro atoms. The monoisotopic (exact) mass is 1140 g/mol. The summed E-state index contributed by atoms with van der Waals surface area (Å²) < 4.78 is 16.9. The Morgan fingerprint density at radius 3 is 0.679 bits per heavy atom. The summed E-state index contributed by atoms with van der Waals surface area (Å²) in [5, 5.41) is 0. The lowest BCUT2D eigenvalue weighted by atomic mass is 10.0.